The Bertz CT molecular complexity index is 952. The standard InChI is InChI=1S/C21H24N4O.ClH/c22-11-5-7-15(23)13-25-12-14-6-1-2-8-16(14)19-17-9-3-4-10-18(17)24-20(19)21(25)26;/h1-4,6,8-10,15,24H,5,7,11-13,22-23H2;1H/t15-;/m0./s1. The Morgan fingerprint density at radius 2 is 1.85 bits per heavy atom. The molecule has 142 valence electrons. The average Bonchev–Trinajstić information content (AvgIpc) is 3.00. The summed E-state index contributed by atoms with van der Waals surface area (Å²) in [5.41, 5.74) is 16.8. The van der Waals surface area contributed by atoms with E-state index in [9.17, 15) is 4.79 Å². The van der Waals surface area contributed by atoms with Crippen molar-refractivity contribution in [2.24, 2.45) is 11.5 Å². The summed E-state index contributed by atoms with van der Waals surface area (Å²) in [6.07, 6.45) is 1.69. The van der Waals surface area contributed by atoms with Crippen molar-refractivity contribution < 1.29 is 4.79 Å². The molecule has 27 heavy (non-hydrogen) atoms. The summed E-state index contributed by atoms with van der Waals surface area (Å²) in [5.74, 6) is 0.00981. The van der Waals surface area contributed by atoms with Gasteiger partial charge < -0.3 is 21.4 Å². The fraction of sp³-hybridized carbons (Fsp3) is 0.286. The molecule has 0 aliphatic carbocycles. The maximum absolute atomic E-state index is 13.3. The average molecular weight is 385 g/mol. The lowest BCUT2D eigenvalue weighted by Crippen LogP contribution is -2.40. The van der Waals surface area contributed by atoms with Crippen molar-refractivity contribution in [2.45, 2.75) is 25.4 Å². The highest BCUT2D eigenvalue weighted by Gasteiger charge is 2.29. The monoisotopic (exact) mass is 384 g/mol. The molecule has 1 amide bonds. The second-order valence-corrected chi connectivity index (χ2v) is 6.95. The van der Waals surface area contributed by atoms with Gasteiger partial charge in [0.25, 0.3) is 5.91 Å². The molecule has 6 heteroatoms. The number of aromatic amines is 1. The molecule has 2 aromatic carbocycles. The van der Waals surface area contributed by atoms with Crippen molar-refractivity contribution in [1.29, 1.82) is 0 Å². The second kappa shape index (κ2) is 8.13. The molecule has 4 rings (SSSR count). The van der Waals surface area contributed by atoms with Gasteiger partial charge in [0, 0.05) is 35.6 Å². The van der Waals surface area contributed by atoms with Gasteiger partial charge in [0.1, 0.15) is 5.69 Å². The third-order valence-electron chi connectivity index (χ3n) is 5.09. The molecule has 1 atom stereocenters. The first-order valence-corrected chi connectivity index (χ1v) is 9.13. The molecule has 1 aliphatic heterocycles. The van der Waals surface area contributed by atoms with Gasteiger partial charge >= 0.3 is 0 Å². The molecule has 2 heterocycles. The van der Waals surface area contributed by atoms with Crippen LogP contribution in [-0.4, -0.2) is 34.9 Å². The number of fused-ring (bicyclic) bond motifs is 5. The van der Waals surface area contributed by atoms with Crippen LogP contribution in [0.25, 0.3) is 22.0 Å². The number of carbonyl (C=O) groups excluding carboxylic acids is 1. The zero-order valence-electron chi connectivity index (χ0n) is 15.2. The highest BCUT2D eigenvalue weighted by atomic mass is 35.5. The molecule has 0 saturated carbocycles. The van der Waals surface area contributed by atoms with E-state index in [4.69, 9.17) is 11.5 Å². The first kappa shape index (κ1) is 19.4. The number of hydrogen-bond donors (Lipinski definition) is 3. The number of nitrogens with zero attached hydrogens (tertiary/aromatic N) is 1. The molecule has 1 aromatic heterocycles. The quantitative estimate of drug-likeness (QED) is 0.630. The van der Waals surface area contributed by atoms with Crippen LogP contribution < -0.4 is 11.5 Å². The van der Waals surface area contributed by atoms with Gasteiger partial charge in [-0.15, -0.1) is 12.4 Å². The van der Waals surface area contributed by atoms with E-state index >= 15 is 0 Å². The van der Waals surface area contributed by atoms with Gasteiger partial charge in [-0.25, -0.2) is 0 Å². The predicted octanol–water partition coefficient (Wildman–Crippen LogP) is 3.28. The molecule has 0 saturated heterocycles. The van der Waals surface area contributed by atoms with E-state index in [1.807, 2.05) is 35.2 Å². The molecule has 0 fully saturated rings. The first-order chi connectivity index (χ1) is 12.7. The minimum absolute atomic E-state index is 0. The Kier molecular flexibility index (Phi) is 5.85. The number of halogens is 1. The summed E-state index contributed by atoms with van der Waals surface area (Å²) in [6, 6.07) is 16.2. The number of rotatable bonds is 5. The van der Waals surface area contributed by atoms with Gasteiger partial charge in [0.2, 0.25) is 0 Å². The van der Waals surface area contributed by atoms with Crippen LogP contribution in [0.5, 0.6) is 0 Å². The fourth-order valence-electron chi connectivity index (χ4n) is 3.82. The molecule has 3 aromatic rings. The summed E-state index contributed by atoms with van der Waals surface area (Å²) in [5, 5.41) is 1.08. The molecule has 0 radical (unpaired) electrons. The van der Waals surface area contributed by atoms with Crippen molar-refractivity contribution in [1.82, 2.24) is 9.88 Å². The van der Waals surface area contributed by atoms with Crippen molar-refractivity contribution in [2.75, 3.05) is 13.1 Å². The molecule has 0 unspecified atom stereocenters. The van der Waals surface area contributed by atoms with Crippen LogP contribution in [0.2, 0.25) is 0 Å². The summed E-state index contributed by atoms with van der Waals surface area (Å²) in [4.78, 5) is 18.5. The van der Waals surface area contributed by atoms with Crippen molar-refractivity contribution in [3.8, 4) is 11.1 Å². The lowest BCUT2D eigenvalue weighted by atomic mass is 9.98. The Morgan fingerprint density at radius 1 is 1.11 bits per heavy atom. The Balaban J connectivity index is 0.00000210. The van der Waals surface area contributed by atoms with Gasteiger partial charge in [-0.3, -0.25) is 4.79 Å². The normalized spacial score (nSPS) is 14.3. The highest BCUT2D eigenvalue weighted by molar-refractivity contribution is 6.11. The van der Waals surface area contributed by atoms with Gasteiger partial charge in [0.15, 0.2) is 0 Å². The minimum Gasteiger partial charge on any atom is -0.350 e. The molecule has 0 spiro atoms. The number of nitrogens with one attached hydrogen (secondary N) is 1. The van der Waals surface area contributed by atoms with E-state index in [0.717, 1.165) is 40.4 Å². The van der Waals surface area contributed by atoms with Gasteiger partial charge in [0.05, 0.1) is 0 Å². The van der Waals surface area contributed by atoms with Gasteiger partial charge in [-0.05, 0) is 36.6 Å². The predicted molar refractivity (Wildman–Crippen MR) is 112 cm³/mol. The molecule has 5 N–H and O–H groups in total. The first-order valence-electron chi connectivity index (χ1n) is 9.13. The number of nitrogens with two attached hydrogens (primary N) is 2. The van der Waals surface area contributed by atoms with Crippen LogP contribution in [-0.2, 0) is 6.54 Å². The van der Waals surface area contributed by atoms with Crippen LogP contribution in [0.1, 0.15) is 28.9 Å². The zero-order chi connectivity index (χ0) is 18.1. The second-order valence-electron chi connectivity index (χ2n) is 6.95. The molecular weight excluding hydrogens is 360 g/mol. The van der Waals surface area contributed by atoms with Crippen LogP contribution in [0.15, 0.2) is 48.5 Å². The summed E-state index contributed by atoms with van der Waals surface area (Å²) < 4.78 is 0. The van der Waals surface area contributed by atoms with Crippen molar-refractivity contribution in [3.05, 3.63) is 59.8 Å². The van der Waals surface area contributed by atoms with E-state index in [2.05, 4.69) is 23.2 Å². The highest BCUT2D eigenvalue weighted by Crippen LogP contribution is 2.38. The Morgan fingerprint density at radius 3 is 2.67 bits per heavy atom. The van der Waals surface area contributed by atoms with Crippen LogP contribution in [0.4, 0.5) is 0 Å². The SMILES string of the molecule is Cl.NCCC[C@H](N)CN1Cc2ccccc2-c2c([nH]c3ccccc23)C1=O. The summed E-state index contributed by atoms with van der Waals surface area (Å²) in [6.45, 7) is 1.72. The van der Waals surface area contributed by atoms with Crippen LogP contribution in [0, 0.1) is 0 Å². The number of benzene rings is 2. The zero-order valence-corrected chi connectivity index (χ0v) is 16.0. The summed E-state index contributed by atoms with van der Waals surface area (Å²) >= 11 is 0. The Labute approximate surface area is 165 Å². The maximum Gasteiger partial charge on any atom is 0.271 e. The van der Waals surface area contributed by atoms with Crippen molar-refractivity contribution >= 4 is 29.2 Å². The van der Waals surface area contributed by atoms with Gasteiger partial charge in [-0.1, -0.05) is 42.5 Å². The largest absolute Gasteiger partial charge is 0.350 e. The van der Waals surface area contributed by atoms with Gasteiger partial charge in [-0.2, -0.15) is 0 Å². The molecule has 0 bridgehead atoms. The minimum atomic E-state index is -0.0689. The molecule has 1 aliphatic rings. The fourth-order valence-corrected chi connectivity index (χ4v) is 3.82. The summed E-state index contributed by atoms with van der Waals surface area (Å²) in [7, 11) is 0. The third kappa shape index (κ3) is 3.58. The Hall–Kier alpha value is -2.34. The molecule has 5 nitrogen and oxygen atoms in total. The van der Waals surface area contributed by atoms with Crippen LogP contribution in [0.3, 0.4) is 0 Å². The maximum atomic E-state index is 13.3. The van der Waals surface area contributed by atoms with E-state index in [1.165, 1.54) is 0 Å². The molecular formula is C21H25ClN4O. The number of hydrogen-bond acceptors (Lipinski definition) is 3. The smallest absolute Gasteiger partial charge is 0.271 e. The van der Waals surface area contributed by atoms with E-state index in [0.29, 0.717) is 25.3 Å². The van der Waals surface area contributed by atoms with E-state index < -0.39 is 0 Å². The van der Waals surface area contributed by atoms with E-state index in [1.54, 1.807) is 0 Å². The number of para-hydroxylation sites is 1. The third-order valence-corrected chi connectivity index (χ3v) is 5.09. The number of H-pyrrole nitrogens is 1. The lowest BCUT2D eigenvalue weighted by molar-refractivity contribution is 0.0729. The van der Waals surface area contributed by atoms with Crippen LogP contribution >= 0.6 is 12.4 Å². The number of aromatic nitrogens is 1. The number of carbonyl (C=O) groups is 1. The lowest BCUT2D eigenvalue weighted by Gasteiger charge is -2.24. The topological polar surface area (TPSA) is 88.1 Å². The van der Waals surface area contributed by atoms with Crippen molar-refractivity contribution in [3.63, 3.8) is 0 Å². The van der Waals surface area contributed by atoms with E-state index in [-0.39, 0.29) is 24.4 Å². The number of amides is 1.